The predicted molar refractivity (Wildman–Crippen MR) is 229 cm³/mol. The predicted octanol–water partition coefficient (Wildman–Crippen LogP) is 6.76. The molecule has 3 N–H and O–H groups in total. The number of ether oxygens (including phenoxy) is 3. The number of unbranched alkanes of at least 4 members (excludes halogenated alkanes) is 1. The van der Waals surface area contributed by atoms with Gasteiger partial charge in [-0.1, -0.05) is 39.0 Å². The van der Waals surface area contributed by atoms with Gasteiger partial charge in [0, 0.05) is 42.9 Å². The van der Waals surface area contributed by atoms with E-state index in [1.807, 2.05) is 36.4 Å². The Morgan fingerprint density at radius 3 is 2.25 bits per heavy atom. The van der Waals surface area contributed by atoms with Crippen molar-refractivity contribution < 1.29 is 42.6 Å². The second kappa shape index (κ2) is 19.0. The lowest BCUT2D eigenvalue weighted by Gasteiger charge is -2.36. The van der Waals surface area contributed by atoms with Crippen LogP contribution in [0.4, 0.5) is 17.1 Å². The fourth-order valence-corrected chi connectivity index (χ4v) is 7.48. The van der Waals surface area contributed by atoms with Gasteiger partial charge < -0.3 is 34.6 Å². The van der Waals surface area contributed by atoms with E-state index in [1.165, 1.54) is 21.1 Å². The zero-order chi connectivity index (χ0) is 43.1. The molecule has 0 fully saturated rings. The van der Waals surface area contributed by atoms with Crippen molar-refractivity contribution >= 4 is 61.2 Å². The molecule has 15 heteroatoms. The topological polar surface area (TPSA) is 174 Å². The van der Waals surface area contributed by atoms with Crippen molar-refractivity contribution in [2.24, 2.45) is 4.99 Å². The van der Waals surface area contributed by atoms with Gasteiger partial charge in [0.05, 0.1) is 38.1 Å². The van der Waals surface area contributed by atoms with Gasteiger partial charge in [-0.15, -0.1) is 0 Å². The van der Waals surface area contributed by atoms with Gasteiger partial charge in [-0.05, 0) is 91.8 Å². The van der Waals surface area contributed by atoms with Crippen LogP contribution in [0.5, 0.6) is 11.5 Å². The zero-order valence-electron chi connectivity index (χ0n) is 35.5. The summed E-state index contributed by atoms with van der Waals surface area (Å²) in [4.78, 5) is 70.5. The minimum Gasteiger partial charge on any atom is -0.493 e. The molecule has 0 spiro atoms. The Hall–Kier alpha value is -5.54. The highest BCUT2D eigenvalue weighted by Crippen LogP contribution is 2.41. The van der Waals surface area contributed by atoms with E-state index < -0.39 is 32.2 Å². The molecule has 5 rings (SSSR count). The molecule has 4 amide bonds. The van der Waals surface area contributed by atoms with Crippen molar-refractivity contribution in [2.75, 3.05) is 24.4 Å². The number of methoxy groups -OCH3 is 2. The first-order chi connectivity index (χ1) is 27.9. The zero-order valence-corrected chi connectivity index (χ0v) is 36.5. The normalized spacial score (nSPS) is 15.5. The highest BCUT2D eigenvalue weighted by molar-refractivity contribution is 6.74. The summed E-state index contributed by atoms with van der Waals surface area (Å²) in [5.74, 6) is -1.06. The number of nitrogens with zero attached hydrogens (tertiary/aromatic N) is 2. The van der Waals surface area contributed by atoms with E-state index in [9.17, 15) is 24.0 Å². The number of aliphatic imine (C=N–C) groups is 1. The quantitative estimate of drug-likeness (QED) is 0.0755. The number of para-hydroxylation sites is 1. The van der Waals surface area contributed by atoms with Gasteiger partial charge >= 0.3 is 5.97 Å². The van der Waals surface area contributed by atoms with Gasteiger partial charge in [0.2, 0.25) is 17.7 Å². The highest BCUT2D eigenvalue weighted by atomic mass is 28.4. The summed E-state index contributed by atoms with van der Waals surface area (Å²) >= 11 is 0. The van der Waals surface area contributed by atoms with E-state index in [2.05, 4.69) is 54.6 Å². The molecule has 316 valence electrons. The SMILES string of the molecule is COC(=O)CCCCC(=O)N[C@@H](C)C(=O)N[C@@H](C)C(=O)Nc1cc(COc2cc3c(cc2OC)C(=O)N2c4ccccc4CC2C=N3)cc(CO[Si](C)(C)C(C)(C)C)c1. The number of rotatable bonds is 17. The number of hydrogen-bond acceptors (Lipinski definition) is 10. The Morgan fingerprint density at radius 1 is 0.881 bits per heavy atom. The van der Waals surface area contributed by atoms with Crippen molar-refractivity contribution in [1.29, 1.82) is 0 Å². The molecular weight excluding hydrogens is 771 g/mol. The minimum absolute atomic E-state index is 0.0235. The molecule has 1 unspecified atom stereocenters. The Kier molecular flexibility index (Phi) is 14.4. The number of carbonyl (C=O) groups is 5. The lowest BCUT2D eigenvalue weighted by molar-refractivity contribution is -0.140. The van der Waals surface area contributed by atoms with E-state index >= 15 is 0 Å². The van der Waals surface area contributed by atoms with Crippen LogP contribution in [-0.4, -0.2) is 76.5 Å². The molecule has 0 saturated heterocycles. The number of nitrogens with one attached hydrogen (secondary N) is 3. The molecule has 0 radical (unpaired) electrons. The van der Waals surface area contributed by atoms with E-state index in [4.69, 9.17) is 18.9 Å². The van der Waals surface area contributed by atoms with Gasteiger partial charge in [-0.3, -0.25) is 33.9 Å². The average Bonchev–Trinajstić information content (AvgIpc) is 3.51. The molecule has 14 nitrogen and oxygen atoms in total. The smallest absolute Gasteiger partial charge is 0.305 e. The lowest BCUT2D eigenvalue weighted by atomic mass is 10.1. The molecule has 0 bridgehead atoms. The van der Waals surface area contributed by atoms with E-state index in [-0.39, 0.29) is 48.3 Å². The van der Waals surface area contributed by atoms with E-state index in [1.54, 1.807) is 36.2 Å². The number of amides is 4. The Labute approximate surface area is 347 Å². The standard InChI is InChI=1S/C44H57N5O9Si/c1-27(46-39(50)16-12-13-17-40(51)56-7)41(52)47-28(2)42(53)48-32-19-29(18-30(20-32)26-58-59(8,9)44(3,4)5)25-57-38-23-35-34(22-37(38)55-6)43(54)49-33(24-45-35)21-31-14-10-11-15-36(31)49/h10-11,14-15,18-20,22-24,27-28,33H,12-13,16-17,21,25-26H2,1-9H3,(H,46,50)(H,47,52)(H,48,53)/t27-,28-,33?/m0/s1. The van der Waals surface area contributed by atoms with Crippen LogP contribution in [0.1, 0.15) is 87.4 Å². The van der Waals surface area contributed by atoms with Crippen LogP contribution in [-0.2, 0) is 48.0 Å². The molecule has 2 heterocycles. The first-order valence-corrected chi connectivity index (χ1v) is 22.9. The summed E-state index contributed by atoms with van der Waals surface area (Å²) < 4.78 is 23.2. The molecule has 59 heavy (non-hydrogen) atoms. The summed E-state index contributed by atoms with van der Waals surface area (Å²) in [5.41, 5.74) is 4.87. The third-order valence-corrected chi connectivity index (χ3v) is 15.5. The van der Waals surface area contributed by atoms with Crippen LogP contribution >= 0.6 is 0 Å². The molecule has 2 aliphatic heterocycles. The largest absolute Gasteiger partial charge is 0.493 e. The number of anilines is 2. The van der Waals surface area contributed by atoms with Crippen LogP contribution in [0.25, 0.3) is 0 Å². The number of esters is 1. The summed E-state index contributed by atoms with van der Waals surface area (Å²) in [6.07, 6.45) is 3.80. The fraction of sp³-hybridized carbons (Fsp3) is 0.455. The minimum atomic E-state index is -2.14. The monoisotopic (exact) mass is 827 g/mol. The molecule has 3 aromatic rings. The third kappa shape index (κ3) is 11.1. The molecule has 0 aliphatic carbocycles. The maximum atomic E-state index is 13.9. The van der Waals surface area contributed by atoms with Gasteiger partial charge in [-0.2, -0.15) is 0 Å². The van der Waals surface area contributed by atoms with Crippen molar-refractivity contribution in [2.45, 2.75) is 116 Å². The van der Waals surface area contributed by atoms with Crippen LogP contribution in [0.2, 0.25) is 18.1 Å². The molecule has 0 aromatic heterocycles. The van der Waals surface area contributed by atoms with Gasteiger partial charge in [0.1, 0.15) is 18.7 Å². The van der Waals surface area contributed by atoms with E-state index in [0.717, 1.165) is 22.4 Å². The first-order valence-electron chi connectivity index (χ1n) is 20.0. The molecular formula is C44H57N5O9Si. The summed E-state index contributed by atoms with van der Waals surface area (Å²) in [5, 5.41) is 8.21. The maximum absolute atomic E-state index is 13.9. The molecule has 3 atom stereocenters. The lowest BCUT2D eigenvalue weighted by Crippen LogP contribution is -2.50. The van der Waals surface area contributed by atoms with Crippen LogP contribution in [0.3, 0.4) is 0 Å². The first kappa shape index (κ1) is 44.6. The van der Waals surface area contributed by atoms with Crippen LogP contribution in [0.15, 0.2) is 59.6 Å². The average molecular weight is 828 g/mol. The number of carbonyl (C=O) groups excluding carboxylic acids is 5. The Balaban J connectivity index is 1.29. The second-order valence-electron chi connectivity index (χ2n) is 16.5. The summed E-state index contributed by atoms with van der Waals surface area (Å²) in [6, 6.07) is 14.8. The molecule has 2 aliphatic rings. The summed E-state index contributed by atoms with van der Waals surface area (Å²) in [6.45, 7) is 14.3. The van der Waals surface area contributed by atoms with Gasteiger partial charge in [0.25, 0.3) is 5.91 Å². The summed E-state index contributed by atoms with van der Waals surface area (Å²) in [7, 11) is 0.689. The Bertz CT molecular complexity index is 2100. The highest BCUT2D eigenvalue weighted by Gasteiger charge is 2.38. The van der Waals surface area contributed by atoms with Crippen molar-refractivity contribution in [3.63, 3.8) is 0 Å². The van der Waals surface area contributed by atoms with Gasteiger partial charge in [0.15, 0.2) is 19.8 Å². The van der Waals surface area contributed by atoms with Crippen molar-refractivity contribution in [1.82, 2.24) is 10.6 Å². The third-order valence-electron chi connectivity index (χ3n) is 11.0. The number of benzene rings is 3. The fourth-order valence-electron chi connectivity index (χ4n) is 6.52. The van der Waals surface area contributed by atoms with Crippen LogP contribution < -0.4 is 30.3 Å². The second-order valence-corrected chi connectivity index (χ2v) is 21.4. The van der Waals surface area contributed by atoms with Crippen LogP contribution in [0, 0.1) is 0 Å². The molecule has 3 aromatic carbocycles. The maximum Gasteiger partial charge on any atom is 0.305 e. The van der Waals surface area contributed by atoms with Crippen molar-refractivity contribution in [3.05, 3.63) is 76.9 Å². The van der Waals surface area contributed by atoms with E-state index in [0.29, 0.717) is 54.3 Å². The Morgan fingerprint density at radius 2 is 1.56 bits per heavy atom. The van der Waals surface area contributed by atoms with Crippen molar-refractivity contribution in [3.8, 4) is 11.5 Å². The van der Waals surface area contributed by atoms with Gasteiger partial charge in [-0.25, -0.2) is 0 Å². The number of hydrogen-bond donors (Lipinski definition) is 3. The molecule has 0 saturated carbocycles. The number of fused-ring (bicyclic) bond motifs is 4.